The molecular formula is C13H16N4O. The van der Waals surface area contributed by atoms with E-state index in [1.165, 1.54) is 0 Å². The third-order valence-corrected chi connectivity index (χ3v) is 3.20. The Kier molecular flexibility index (Phi) is 3.49. The molecule has 2 rings (SSSR count). The minimum atomic E-state index is -0.290. The van der Waals surface area contributed by atoms with E-state index in [0.29, 0.717) is 17.8 Å². The van der Waals surface area contributed by atoms with Gasteiger partial charge >= 0.3 is 6.03 Å². The van der Waals surface area contributed by atoms with Gasteiger partial charge in [-0.05, 0) is 37.5 Å². The summed E-state index contributed by atoms with van der Waals surface area (Å²) in [5, 5.41) is 14.2. The lowest BCUT2D eigenvalue weighted by Crippen LogP contribution is -2.55. The van der Waals surface area contributed by atoms with Crippen LogP contribution in [0.15, 0.2) is 24.3 Å². The van der Waals surface area contributed by atoms with E-state index in [9.17, 15) is 4.79 Å². The third-order valence-electron chi connectivity index (χ3n) is 3.20. The van der Waals surface area contributed by atoms with E-state index < -0.39 is 0 Å². The van der Waals surface area contributed by atoms with Crippen LogP contribution in [0.5, 0.6) is 0 Å². The first-order valence-electron chi connectivity index (χ1n) is 5.95. The number of rotatable bonds is 3. The molecule has 1 aromatic rings. The number of urea groups is 1. The molecule has 0 radical (unpaired) electrons. The molecule has 1 fully saturated rings. The van der Waals surface area contributed by atoms with Gasteiger partial charge in [-0.15, -0.1) is 0 Å². The van der Waals surface area contributed by atoms with Crippen LogP contribution in [0.1, 0.15) is 24.8 Å². The SMILES string of the molecule is N#Cc1cccc(NC(=O)NCC2(N)CCC2)c1. The molecule has 1 aliphatic carbocycles. The van der Waals surface area contributed by atoms with Crippen LogP contribution in [0.2, 0.25) is 0 Å². The first-order chi connectivity index (χ1) is 8.61. The maximum Gasteiger partial charge on any atom is 0.319 e. The number of carbonyl (C=O) groups excluding carboxylic acids is 1. The van der Waals surface area contributed by atoms with Crippen molar-refractivity contribution in [3.8, 4) is 6.07 Å². The highest BCUT2D eigenvalue weighted by molar-refractivity contribution is 5.89. The first-order valence-corrected chi connectivity index (χ1v) is 5.95. The summed E-state index contributed by atoms with van der Waals surface area (Å²) in [6.45, 7) is 0.483. The lowest BCUT2D eigenvalue weighted by atomic mass is 9.78. The Morgan fingerprint density at radius 1 is 1.50 bits per heavy atom. The molecule has 5 nitrogen and oxygen atoms in total. The Morgan fingerprint density at radius 2 is 2.28 bits per heavy atom. The quantitative estimate of drug-likeness (QED) is 0.753. The standard InChI is InChI=1S/C13H16N4O/c14-8-10-3-1-4-11(7-10)17-12(18)16-9-13(15)5-2-6-13/h1,3-4,7H,2,5-6,9,15H2,(H2,16,17,18). The number of nitriles is 1. The average Bonchev–Trinajstić information content (AvgIpc) is 2.34. The Balaban J connectivity index is 1.85. The number of carbonyl (C=O) groups is 1. The molecule has 0 heterocycles. The van der Waals surface area contributed by atoms with Crippen molar-refractivity contribution < 1.29 is 4.79 Å². The fourth-order valence-corrected chi connectivity index (χ4v) is 1.91. The molecule has 0 aromatic heterocycles. The number of nitrogens with one attached hydrogen (secondary N) is 2. The molecule has 0 unspecified atom stereocenters. The molecule has 0 spiro atoms. The Bertz CT molecular complexity index is 488. The number of amides is 2. The zero-order valence-electron chi connectivity index (χ0n) is 10.1. The van der Waals surface area contributed by atoms with Crippen molar-refractivity contribution in [2.75, 3.05) is 11.9 Å². The summed E-state index contributed by atoms with van der Waals surface area (Å²) in [4.78, 5) is 11.6. The van der Waals surface area contributed by atoms with Gasteiger partial charge in [-0.3, -0.25) is 0 Å². The van der Waals surface area contributed by atoms with Gasteiger partial charge in [0.15, 0.2) is 0 Å². The molecule has 1 saturated carbocycles. The van der Waals surface area contributed by atoms with Crippen molar-refractivity contribution in [3.63, 3.8) is 0 Å². The predicted octanol–water partition coefficient (Wildman–Crippen LogP) is 1.56. The zero-order valence-corrected chi connectivity index (χ0v) is 10.1. The number of benzene rings is 1. The van der Waals surface area contributed by atoms with E-state index in [4.69, 9.17) is 11.0 Å². The van der Waals surface area contributed by atoms with Crippen molar-refractivity contribution in [1.29, 1.82) is 5.26 Å². The minimum Gasteiger partial charge on any atom is -0.336 e. The average molecular weight is 244 g/mol. The van der Waals surface area contributed by atoms with Crippen molar-refractivity contribution >= 4 is 11.7 Å². The second kappa shape index (κ2) is 5.07. The van der Waals surface area contributed by atoms with Crippen molar-refractivity contribution in [1.82, 2.24) is 5.32 Å². The van der Waals surface area contributed by atoms with Crippen LogP contribution in [0, 0.1) is 11.3 Å². The highest BCUT2D eigenvalue weighted by Crippen LogP contribution is 2.27. The highest BCUT2D eigenvalue weighted by atomic mass is 16.2. The van der Waals surface area contributed by atoms with Crippen LogP contribution in [0.3, 0.4) is 0 Å². The van der Waals surface area contributed by atoms with Crippen molar-refractivity contribution in [2.24, 2.45) is 5.73 Å². The van der Waals surface area contributed by atoms with Gasteiger partial charge in [-0.25, -0.2) is 4.79 Å². The molecule has 4 N–H and O–H groups in total. The molecule has 1 aliphatic rings. The summed E-state index contributed by atoms with van der Waals surface area (Å²) >= 11 is 0. The summed E-state index contributed by atoms with van der Waals surface area (Å²) in [6.07, 6.45) is 3.04. The van der Waals surface area contributed by atoms with Crippen LogP contribution in [-0.2, 0) is 0 Å². The number of nitrogens with two attached hydrogens (primary N) is 1. The van der Waals surface area contributed by atoms with E-state index in [1.54, 1.807) is 24.3 Å². The van der Waals surface area contributed by atoms with E-state index >= 15 is 0 Å². The molecule has 94 valence electrons. The number of anilines is 1. The fraction of sp³-hybridized carbons (Fsp3) is 0.385. The van der Waals surface area contributed by atoms with Gasteiger partial charge in [0.1, 0.15) is 0 Å². The second-order valence-corrected chi connectivity index (χ2v) is 4.72. The minimum absolute atomic E-state index is 0.230. The summed E-state index contributed by atoms with van der Waals surface area (Å²) in [5.74, 6) is 0. The molecular weight excluding hydrogens is 228 g/mol. The molecule has 5 heteroatoms. The first kappa shape index (κ1) is 12.4. The predicted molar refractivity (Wildman–Crippen MR) is 68.9 cm³/mol. The Labute approximate surface area is 106 Å². The summed E-state index contributed by atoms with van der Waals surface area (Å²) in [6, 6.07) is 8.51. The second-order valence-electron chi connectivity index (χ2n) is 4.72. The zero-order chi connectivity index (χ0) is 13.0. The van der Waals surface area contributed by atoms with Crippen LogP contribution in [-0.4, -0.2) is 18.1 Å². The van der Waals surface area contributed by atoms with Gasteiger partial charge in [0.2, 0.25) is 0 Å². The topological polar surface area (TPSA) is 90.9 Å². The van der Waals surface area contributed by atoms with E-state index in [2.05, 4.69) is 10.6 Å². The molecule has 18 heavy (non-hydrogen) atoms. The van der Waals surface area contributed by atoms with Gasteiger partial charge in [-0.2, -0.15) is 5.26 Å². The van der Waals surface area contributed by atoms with Crippen molar-refractivity contribution in [3.05, 3.63) is 29.8 Å². The molecule has 0 saturated heterocycles. The van der Waals surface area contributed by atoms with Gasteiger partial charge < -0.3 is 16.4 Å². The maximum atomic E-state index is 11.6. The normalized spacial score (nSPS) is 16.2. The van der Waals surface area contributed by atoms with Gasteiger partial charge in [-0.1, -0.05) is 6.07 Å². The molecule has 0 bridgehead atoms. The summed E-state index contributed by atoms with van der Waals surface area (Å²) in [5.41, 5.74) is 6.89. The van der Waals surface area contributed by atoms with E-state index in [1.807, 2.05) is 6.07 Å². The van der Waals surface area contributed by atoms with Gasteiger partial charge in [0.05, 0.1) is 11.6 Å². The van der Waals surface area contributed by atoms with Crippen molar-refractivity contribution in [2.45, 2.75) is 24.8 Å². The third kappa shape index (κ3) is 2.99. The summed E-state index contributed by atoms with van der Waals surface area (Å²) in [7, 11) is 0. The molecule has 2 amide bonds. The van der Waals surface area contributed by atoms with Crippen LogP contribution in [0.25, 0.3) is 0 Å². The smallest absolute Gasteiger partial charge is 0.319 e. The fourth-order valence-electron chi connectivity index (χ4n) is 1.91. The number of nitrogens with zero attached hydrogens (tertiary/aromatic N) is 1. The summed E-state index contributed by atoms with van der Waals surface area (Å²) < 4.78 is 0. The van der Waals surface area contributed by atoms with E-state index in [-0.39, 0.29) is 11.6 Å². The monoisotopic (exact) mass is 244 g/mol. The lowest BCUT2D eigenvalue weighted by Gasteiger charge is -2.38. The molecule has 1 aromatic carbocycles. The molecule has 0 aliphatic heterocycles. The maximum absolute atomic E-state index is 11.6. The van der Waals surface area contributed by atoms with Crippen LogP contribution in [0.4, 0.5) is 10.5 Å². The highest BCUT2D eigenvalue weighted by Gasteiger charge is 2.32. The van der Waals surface area contributed by atoms with E-state index in [0.717, 1.165) is 19.3 Å². The largest absolute Gasteiger partial charge is 0.336 e. The Morgan fingerprint density at radius 3 is 2.89 bits per heavy atom. The van der Waals surface area contributed by atoms with Gasteiger partial charge in [0, 0.05) is 17.8 Å². The van der Waals surface area contributed by atoms with Gasteiger partial charge in [0.25, 0.3) is 0 Å². The Hall–Kier alpha value is -2.06. The van der Waals surface area contributed by atoms with Crippen LogP contribution < -0.4 is 16.4 Å². The number of hydrogen-bond donors (Lipinski definition) is 3. The molecule has 0 atom stereocenters. The van der Waals surface area contributed by atoms with Crippen LogP contribution >= 0.6 is 0 Å². The lowest BCUT2D eigenvalue weighted by molar-refractivity contribution is 0.225. The number of hydrogen-bond acceptors (Lipinski definition) is 3.